The van der Waals surface area contributed by atoms with Crippen molar-refractivity contribution in [1.82, 2.24) is 9.55 Å². The maximum atomic E-state index is 5.99. The Morgan fingerprint density at radius 3 is 2.79 bits per heavy atom. The van der Waals surface area contributed by atoms with Crippen molar-refractivity contribution in [3.63, 3.8) is 0 Å². The summed E-state index contributed by atoms with van der Waals surface area (Å²) >= 11 is 5.99. The average Bonchev–Trinajstić information content (AvgIpc) is 2.81. The summed E-state index contributed by atoms with van der Waals surface area (Å²) in [7, 11) is 3.38. The number of unbranched alkanes of at least 4 members (excludes halogenated alkanes) is 1. The van der Waals surface area contributed by atoms with Gasteiger partial charge < -0.3 is 14.0 Å². The van der Waals surface area contributed by atoms with E-state index in [1.165, 1.54) is 0 Å². The first-order valence-corrected chi connectivity index (χ1v) is 6.92. The van der Waals surface area contributed by atoms with Crippen LogP contribution in [0.4, 0.5) is 0 Å². The number of para-hydroxylation sites is 1. The third-order valence-electron chi connectivity index (χ3n) is 3.14. The average molecular weight is 283 g/mol. The molecule has 0 saturated heterocycles. The summed E-state index contributed by atoms with van der Waals surface area (Å²) in [5.41, 5.74) is 1.96. The van der Waals surface area contributed by atoms with Crippen molar-refractivity contribution in [2.24, 2.45) is 0 Å². The number of ether oxygens (including phenoxy) is 2. The largest absolute Gasteiger partial charge is 0.494 e. The molecule has 0 spiro atoms. The van der Waals surface area contributed by atoms with Gasteiger partial charge in [0.2, 0.25) is 0 Å². The van der Waals surface area contributed by atoms with Crippen LogP contribution >= 0.6 is 11.6 Å². The Bertz CT molecular complexity index is 539. The lowest BCUT2D eigenvalue weighted by Gasteiger charge is -2.07. The minimum atomic E-state index is 0.405. The Morgan fingerprint density at radius 2 is 2.11 bits per heavy atom. The number of methoxy groups -OCH3 is 2. The molecular formula is C14H19ClN2O2. The second kappa shape index (κ2) is 6.78. The molecular weight excluding hydrogens is 264 g/mol. The third-order valence-corrected chi connectivity index (χ3v) is 3.38. The fraction of sp³-hybridized carbons (Fsp3) is 0.500. The highest BCUT2D eigenvalue weighted by molar-refractivity contribution is 6.16. The maximum absolute atomic E-state index is 5.99. The molecule has 2 aromatic rings. The third kappa shape index (κ3) is 3.01. The van der Waals surface area contributed by atoms with Crippen LogP contribution in [0.1, 0.15) is 18.7 Å². The summed E-state index contributed by atoms with van der Waals surface area (Å²) in [6.07, 6.45) is 2.07. The van der Waals surface area contributed by atoms with Crippen LogP contribution in [-0.4, -0.2) is 30.4 Å². The van der Waals surface area contributed by atoms with E-state index in [2.05, 4.69) is 15.6 Å². The highest BCUT2D eigenvalue weighted by atomic mass is 35.5. The normalized spacial score (nSPS) is 11.1. The van der Waals surface area contributed by atoms with Crippen LogP contribution in [0.2, 0.25) is 0 Å². The molecule has 0 aliphatic carbocycles. The zero-order valence-corrected chi connectivity index (χ0v) is 12.1. The van der Waals surface area contributed by atoms with E-state index in [1.54, 1.807) is 14.2 Å². The molecule has 0 atom stereocenters. The Morgan fingerprint density at radius 1 is 1.26 bits per heavy atom. The number of hydrogen-bond donors (Lipinski definition) is 0. The van der Waals surface area contributed by atoms with E-state index in [-0.39, 0.29) is 0 Å². The number of imidazole rings is 1. The van der Waals surface area contributed by atoms with Gasteiger partial charge in [0, 0.05) is 20.3 Å². The van der Waals surface area contributed by atoms with Gasteiger partial charge in [-0.3, -0.25) is 0 Å². The Labute approximate surface area is 118 Å². The SMILES string of the molecule is COCCCCn1c(CCl)nc2c(OC)cccc21. The highest BCUT2D eigenvalue weighted by Crippen LogP contribution is 2.26. The Kier molecular flexibility index (Phi) is 5.05. The molecule has 1 heterocycles. The van der Waals surface area contributed by atoms with Crippen LogP contribution in [0, 0.1) is 0 Å². The second-order valence-electron chi connectivity index (χ2n) is 4.34. The van der Waals surface area contributed by atoms with Gasteiger partial charge in [-0.05, 0) is 25.0 Å². The van der Waals surface area contributed by atoms with Gasteiger partial charge in [0.25, 0.3) is 0 Å². The molecule has 0 saturated carbocycles. The molecule has 0 aliphatic heterocycles. The van der Waals surface area contributed by atoms with Crippen molar-refractivity contribution in [3.8, 4) is 5.75 Å². The number of fused-ring (bicyclic) bond motifs is 1. The standard InChI is InChI=1S/C14H19ClN2O2/c1-18-9-4-3-8-17-11-6-5-7-12(19-2)14(11)16-13(17)10-15/h5-7H,3-4,8-10H2,1-2H3. The molecule has 5 heteroatoms. The zero-order valence-electron chi connectivity index (χ0n) is 11.4. The molecule has 2 rings (SSSR count). The second-order valence-corrected chi connectivity index (χ2v) is 4.61. The molecule has 0 N–H and O–H groups in total. The summed E-state index contributed by atoms with van der Waals surface area (Å²) in [6.45, 7) is 1.68. The van der Waals surface area contributed by atoms with Crippen LogP contribution in [-0.2, 0) is 17.2 Å². The van der Waals surface area contributed by atoms with E-state index < -0.39 is 0 Å². The maximum Gasteiger partial charge on any atom is 0.146 e. The van der Waals surface area contributed by atoms with Gasteiger partial charge in [0.15, 0.2) is 0 Å². The van der Waals surface area contributed by atoms with E-state index in [0.29, 0.717) is 5.88 Å². The topological polar surface area (TPSA) is 36.3 Å². The lowest BCUT2D eigenvalue weighted by Crippen LogP contribution is -2.03. The Balaban J connectivity index is 2.30. The van der Waals surface area contributed by atoms with Crippen molar-refractivity contribution in [2.75, 3.05) is 20.8 Å². The molecule has 19 heavy (non-hydrogen) atoms. The predicted octanol–water partition coefficient (Wildman–Crippen LogP) is 3.21. The predicted molar refractivity (Wildman–Crippen MR) is 77.0 cm³/mol. The summed E-state index contributed by atoms with van der Waals surface area (Å²) < 4.78 is 12.6. The van der Waals surface area contributed by atoms with E-state index in [9.17, 15) is 0 Å². The van der Waals surface area contributed by atoms with Crippen LogP contribution in [0.15, 0.2) is 18.2 Å². The molecule has 0 amide bonds. The van der Waals surface area contributed by atoms with Crippen LogP contribution in [0.5, 0.6) is 5.75 Å². The number of aryl methyl sites for hydroxylation is 1. The molecule has 0 aliphatic rings. The van der Waals surface area contributed by atoms with Crippen molar-refractivity contribution >= 4 is 22.6 Å². The molecule has 0 radical (unpaired) electrons. The van der Waals surface area contributed by atoms with E-state index >= 15 is 0 Å². The van der Waals surface area contributed by atoms with Crippen molar-refractivity contribution in [1.29, 1.82) is 0 Å². The van der Waals surface area contributed by atoms with Crippen molar-refractivity contribution < 1.29 is 9.47 Å². The quantitative estimate of drug-likeness (QED) is 0.578. The molecule has 0 fully saturated rings. The van der Waals surface area contributed by atoms with Gasteiger partial charge in [-0.1, -0.05) is 6.07 Å². The van der Waals surface area contributed by atoms with Crippen LogP contribution < -0.4 is 4.74 Å². The summed E-state index contributed by atoms with van der Waals surface area (Å²) in [4.78, 5) is 4.58. The summed E-state index contributed by atoms with van der Waals surface area (Å²) in [5, 5.41) is 0. The molecule has 0 bridgehead atoms. The van der Waals surface area contributed by atoms with E-state index in [4.69, 9.17) is 21.1 Å². The van der Waals surface area contributed by atoms with Gasteiger partial charge >= 0.3 is 0 Å². The summed E-state index contributed by atoms with van der Waals surface area (Å²) in [5.74, 6) is 2.08. The number of rotatable bonds is 7. The molecule has 0 unspecified atom stereocenters. The first-order valence-electron chi connectivity index (χ1n) is 6.38. The lowest BCUT2D eigenvalue weighted by atomic mass is 10.2. The zero-order chi connectivity index (χ0) is 13.7. The van der Waals surface area contributed by atoms with Crippen LogP contribution in [0.3, 0.4) is 0 Å². The van der Waals surface area contributed by atoms with Gasteiger partial charge in [-0.2, -0.15) is 0 Å². The van der Waals surface area contributed by atoms with E-state index in [0.717, 1.165) is 48.6 Å². The number of nitrogens with zero attached hydrogens (tertiary/aromatic N) is 2. The van der Waals surface area contributed by atoms with Crippen LogP contribution in [0.25, 0.3) is 11.0 Å². The number of benzene rings is 1. The monoisotopic (exact) mass is 282 g/mol. The van der Waals surface area contributed by atoms with Gasteiger partial charge in [-0.25, -0.2) is 4.98 Å². The number of aromatic nitrogens is 2. The Hall–Kier alpha value is -1.26. The van der Waals surface area contributed by atoms with E-state index in [1.807, 2.05) is 12.1 Å². The number of alkyl halides is 1. The molecule has 1 aromatic carbocycles. The summed E-state index contributed by atoms with van der Waals surface area (Å²) in [6, 6.07) is 5.95. The molecule has 1 aromatic heterocycles. The molecule has 4 nitrogen and oxygen atoms in total. The van der Waals surface area contributed by atoms with Gasteiger partial charge in [0.1, 0.15) is 17.1 Å². The fourth-order valence-corrected chi connectivity index (χ4v) is 2.41. The fourth-order valence-electron chi connectivity index (χ4n) is 2.20. The molecule has 104 valence electrons. The lowest BCUT2D eigenvalue weighted by molar-refractivity contribution is 0.191. The number of halogens is 1. The van der Waals surface area contributed by atoms with Crippen molar-refractivity contribution in [2.45, 2.75) is 25.3 Å². The van der Waals surface area contributed by atoms with Gasteiger partial charge in [-0.15, -0.1) is 11.6 Å². The van der Waals surface area contributed by atoms with Gasteiger partial charge in [0.05, 0.1) is 18.5 Å². The smallest absolute Gasteiger partial charge is 0.146 e. The minimum Gasteiger partial charge on any atom is -0.494 e. The highest BCUT2D eigenvalue weighted by Gasteiger charge is 2.12. The number of hydrogen-bond acceptors (Lipinski definition) is 3. The first kappa shape index (κ1) is 14.2. The van der Waals surface area contributed by atoms with Crippen molar-refractivity contribution in [3.05, 3.63) is 24.0 Å². The first-order chi connectivity index (χ1) is 9.31. The minimum absolute atomic E-state index is 0.405.